The molecule has 0 saturated carbocycles. The Morgan fingerprint density at radius 3 is 1.76 bits per heavy atom. The van der Waals surface area contributed by atoms with Crippen molar-refractivity contribution in [2.75, 3.05) is 0 Å². The van der Waals surface area contributed by atoms with Crippen LogP contribution in [-0.2, 0) is 10.0 Å². The Kier molecular flexibility index (Phi) is 5.03. The Morgan fingerprint density at radius 1 is 0.724 bits per heavy atom. The van der Waals surface area contributed by atoms with E-state index in [0.29, 0.717) is 0 Å². The molecule has 4 rings (SSSR count). The molecule has 3 aromatic rings. The second-order valence-corrected chi connectivity index (χ2v) is 9.34. The lowest BCUT2D eigenvalue weighted by Gasteiger charge is -2.25. The first-order valence-corrected chi connectivity index (χ1v) is 11.0. The molecule has 0 fully saturated rings. The molecular weight excluding hydrogens is 380 g/mol. The highest BCUT2D eigenvalue weighted by atomic mass is 32.2. The van der Waals surface area contributed by atoms with Crippen molar-refractivity contribution in [2.45, 2.75) is 31.7 Å². The standard InChI is InChI=1S/C24H24N2O2S/c1-17-4-10-20(11-5-17)23-16-24(21-12-6-18(2)7-13-21)26(25-23)29(27,28)22-14-8-19(3)9-15-22/h4-16,24-25H,1-3H3/t24-/m1/s1. The van der Waals surface area contributed by atoms with Crippen molar-refractivity contribution in [1.29, 1.82) is 0 Å². The van der Waals surface area contributed by atoms with Crippen LogP contribution in [0.4, 0.5) is 0 Å². The maximum absolute atomic E-state index is 13.5. The summed E-state index contributed by atoms with van der Waals surface area (Å²) < 4.78 is 28.3. The van der Waals surface area contributed by atoms with Crippen LogP contribution in [0.2, 0.25) is 0 Å². The van der Waals surface area contributed by atoms with Gasteiger partial charge in [-0.3, -0.25) is 0 Å². The van der Waals surface area contributed by atoms with Crippen LogP contribution in [0, 0.1) is 20.8 Å². The van der Waals surface area contributed by atoms with Gasteiger partial charge in [0.25, 0.3) is 10.0 Å². The molecule has 0 bridgehead atoms. The fourth-order valence-electron chi connectivity index (χ4n) is 3.37. The molecule has 1 aliphatic rings. The van der Waals surface area contributed by atoms with E-state index in [9.17, 15) is 8.42 Å². The van der Waals surface area contributed by atoms with E-state index in [-0.39, 0.29) is 4.90 Å². The van der Waals surface area contributed by atoms with Gasteiger partial charge in [0, 0.05) is 0 Å². The fourth-order valence-corrected chi connectivity index (χ4v) is 4.78. The lowest BCUT2D eigenvalue weighted by Crippen LogP contribution is -2.39. The first-order chi connectivity index (χ1) is 13.8. The first kappa shape index (κ1) is 19.4. The molecule has 1 heterocycles. The summed E-state index contributed by atoms with van der Waals surface area (Å²) in [6.07, 6.45) is 1.97. The third-order valence-corrected chi connectivity index (χ3v) is 6.87. The van der Waals surface area contributed by atoms with E-state index in [2.05, 4.69) is 5.43 Å². The smallest absolute Gasteiger partial charge is 0.260 e. The van der Waals surface area contributed by atoms with Crippen LogP contribution in [0.25, 0.3) is 5.70 Å². The molecule has 0 unspecified atom stereocenters. The van der Waals surface area contributed by atoms with Crippen LogP contribution < -0.4 is 5.43 Å². The van der Waals surface area contributed by atoms with E-state index >= 15 is 0 Å². The number of hydrogen-bond donors (Lipinski definition) is 1. The van der Waals surface area contributed by atoms with Gasteiger partial charge in [-0.25, -0.2) is 8.42 Å². The highest BCUT2D eigenvalue weighted by Crippen LogP contribution is 2.35. The molecule has 148 valence electrons. The fraction of sp³-hybridized carbons (Fsp3) is 0.167. The normalized spacial score (nSPS) is 17.1. The molecule has 0 aliphatic carbocycles. The van der Waals surface area contributed by atoms with Crippen molar-refractivity contribution < 1.29 is 8.42 Å². The van der Waals surface area contributed by atoms with Crippen molar-refractivity contribution in [1.82, 2.24) is 9.84 Å². The molecule has 29 heavy (non-hydrogen) atoms. The number of nitrogens with zero attached hydrogens (tertiary/aromatic N) is 1. The van der Waals surface area contributed by atoms with Gasteiger partial charge in [-0.1, -0.05) is 77.4 Å². The van der Waals surface area contributed by atoms with Gasteiger partial charge >= 0.3 is 0 Å². The number of aryl methyl sites for hydroxylation is 3. The molecular formula is C24H24N2O2S. The summed E-state index contributed by atoms with van der Waals surface area (Å²) in [5.41, 5.74) is 9.12. The monoisotopic (exact) mass is 404 g/mol. The van der Waals surface area contributed by atoms with E-state index < -0.39 is 16.1 Å². The molecule has 0 aromatic heterocycles. The van der Waals surface area contributed by atoms with Gasteiger partial charge in [0.05, 0.1) is 16.6 Å². The quantitative estimate of drug-likeness (QED) is 0.673. The third kappa shape index (κ3) is 3.84. The van der Waals surface area contributed by atoms with Gasteiger partial charge in [0.15, 0.2) is 0 Å². The van der Waals surface area contributed by atoms with Crippen LogP contribution in [-0.4, -0.2) is 12.8 Å². The van der Waals surface area contributed by atoms with Gasteiger partial charge in [-0.2, -0.15) is 0 Å². The Bertz CT molecular complexity index is 1150. The molecule has 4 nitrogen and oxygen atoms in total. The number of hydrazine groups is 1. The lowest BCUT2D eigenvalue weighted by molar-refractivity contribution is 0.348. The predicted octanol–water partition coefficient (Wildman–Crippen LogP) is 4.90. The Balaban J connectivity index is 1.78. The molecule has 0 amide bonds. The van der Waals surface area contributed by atoms with Crippen LogP contribution in [0.1, 0.15) is 33.9 Å². The molecule has 3 aromatic carbocycles. The summed E-state index contributed by atoms with van der Waals surface area (Å²) in [6, 6.07) is 22.5. The maximum Gasteiger partial charge on any atom is 0.260 e. The number of benzene rings is 3. The van der Waals surface area contributed by atoms with Gasteiger partial charge < -0.3 is 5.43 Å². The zero-order valence-electron chi connectivity index (χ0n) is 16.8. The SMILES string of the molecule is Cc1ccc(C2=C[C@H](c3ccc(C)cc3)N(S(=O)(=O)c3ccc(C)cc3)N2)cc1. The predicted molar refractivity (Wildman–Crippen MR) is 116 cm³/mol. The molecule has 0 saturated heterocycles. The summed E-state index contributed by atoms with van der Waals surface area (Å²) in [7, 11) is -3.74. The van der Waals surface area contributed by atoms with Crippen LogP contribution in [0.5, 0.6) is 0 Å². The molecule has 1 N–H and O–H groups in total. The number of sulfonamides is 1. The highest BCUT2D eigenvalue weighted by molar-refractivity contribution is 7.89. The summed E-state index contributed by atoms with van der Waals surface area (Å²) >= 11 is 0. The van der Waals surface area contributed by atoms with Crippen molar-refractivity contribution in [2.24, 2.45) is 0 Å². The van der Waals surface area contributed by atoms with E-state index in [4.69, 9.17) is 0 Å². The summed E-state index contributed by atoms with van der Waals surface area (Å²) in [6.45, 7) is 5.99. The van der Waals surface area contributed by atoms with E-state index in [1.807, 2.05) is 87.5 Å². The summed E-state index contributed by atoms with van der Waals surface area (Å²) in [5, 5.41) is 0. The number of hydrogen-bond acceptors (Lipinski definition) is 3. The Morgan fingerprint density at radius 2 is 1.21 bits per heavy atom. The summed E-state index contributed by atoms with van der Waals surface area (Å²) in [4.78, 5) is 0.270. The lowest BCUT2D eigenvalue weighted by atomic mass is 10.0. The van der Waals surface area contributed by atoms with Crippen LogP contribution >= 0.6 is 0 Å². The van der Waals surface area contributed by atoms with Gasteiger partial charge in [-0.15, -0.1) is 4.41 Å². The zero-order chi connectivity index (χ0) is 20.6. The average molecular weight is 405 g/mol. The topological polar surface area (TPSA) is 49.4 Å². The third-order valence-electron chi connectivity index (χ3n) is 5.17. The Labute approximate surface area is 172 Å². The van der Waals surface area contributed by atoms with Gasteiger partial charge in [0.1, 0.15) is 0 Å². The molecule has 0 radical (unpaired) electrons. The largest absolute Gasteiger partial charge is 0.304 e. The van der Waals surface area contributed by atoms with E-state index in [1.54, 1.807) is 12.1 Å². The second kappa shape index (κ2) is 7.50. The minimum absolute atomic E-state index is 0.270. The van der Waals surface area contributed by atoms with Crippen molar-refractivity contribution in [3.8, 4) is 0 Å². The molecule has 1 aliphatic heterocycles. The average Bonchev–Trinajstić information content (AvgIpc) is 3.16. The van der Waals surface area contributed by atoms with E-state index in [0.717, 1.165) is 33.5 Å². The van der Waals surface area contributed by atoms with Crippen molar-refractivity contribution >= 4 is 15.7 Å². The highest BCUT2D eigenvalue weighted by Gasteiger charge is 2.36. The molecule has 1 atom stereocenters. The first-order valence-electron chi connectivity index (χ1n) is 9.58. The maximum atomic E-state index is 13.5. The van der Waals surface area contributed by atoms with Crippen molar-refractivity contribution in [3.63, 3.8) is 0 Å². The van der Waals surface area contributed by atoms with Crippen molar-refractivity contribution in [3.05, 3.63) is 107 Å². The minimum Gasteiger partial charge on any atom is -0.304 e. The summed E-state index contributed by atoms with van der Waals surface area (Å²) in [5.74, 6) is 0. The minimum atomic E-state index is -3.74. The number of nitrogens with one attached hydrogen (secondary N) is 1. The van der Waals surface area contributed by atoms with Gasteiger partial charge in [0.2, 0.25) is 0 Å². The molecule has 5 heteroatoms. The number of rotatable bonds is 4. The second-order valence-electron chi connectivity index (χ2n) is 7.53. The van der Waals surface area contributed by atoms with Gasteiger partial charge in [-0.05, 0) is 50.1 Å². The Hall–Kier alpha value is -2.89. The zero-order valence-corrected chi connectivity index (χ0v) is 17.6. The van der Waals surface area contributed by atoms with Crippen LogP contribution in [0.3, 0.4) is 0 Å². The van der Waals surface area contributed by atoms with E-state index in [1.165, 1.54) is 4.41 Å². The van der Waals surface area contributed by atoms with Crippen LogP contribution in [0.15, 0.2) is 83.8 Å². The molecule has 0 spiro atoms.